The zero-order chi connectivity index (χ0) is 26.6. The summed E-state index contributed by atoms with van der Waals surface area (Å²) in [6.45, 7) is 7.71. The average molecular weight is 644 g/mol. The molecule has 0 amide bonds. The minimum atomic E-state index is -0.905. The number of halogens is 3. The molecule has 0 spiro atoms. The van der Waals surface area contributed by atoms with Gasteiger partial charge in [-0.3, -0.25) is 4.79 Å². The largest absolute Gasteiger partial charge is 0.490 e. The molecule has 1 aromatic heterocycles. The van der Waals surface area contributed by atoms with Gasteiger partial charge in [0.05, 0.1) is 30.8 Å². The predicted molar refractivity (Wildman–Crippen MR) is 148 cm³/mol. The van der Waals surface area contributed by atoms with Gasteiger partial charge in [0.1, 0.15) is 10.8 Å². The molecule has 8 nitrogen and oxygen atoms in total. The maximum absolute atomic E-state index is 13.4. The predicted octanol–water partition coefficient (Wildman–Crippen LogP) is 6.31. The summed E-state index contributed by atoms with van der Waals surface area (Å²) < 4.78 is 18.7. The molecule has 0 saturated carbocycles. The van der Waals surface area contributed by atoms with E-state index in [0.29, 0.717) is 39.1 Å². The maximum Gasteiger partial charge on any atom is 0.346 e. The fourth-order valence-corrected chi connectivity index (χ4v) is 4.37. The van der Waals surface area contributed by atoms with Crippen molar-refractivity contribution in [2.45, 2.75) is 46.1 Å². The summed E-state index contributed by atoms with van der Waals surface area (Å²) in [7, 11) is 1.28. The summed E-state index contributed by atoms with van der Waals surface area (Å²) in [6, 6.07) is 7.05. The first kappa shape index (κ1) is 28.1. The number of fused-ring (bicyclic) bond motifs is 1. The van der Waals surface area contributed by atoms with Gasteiger partial charge in [-0.05, 0) is 60.5 Å². The second-order valence-corrected chi connectivity index (χ2v) is 10.0. The van der Waals surface area contributed by atoms with Crippen LogP contribution in [0.5, 0.6) is 11.5 Å². The normalized spacial score (nSPS) is 13.1. The maximum atomic E-state index is 13.4. The van der Waals surface area contributed by atoms with Crippen molar-refractivity contribution in [2.24, 2.45) is 5.10 Å². The van der Waals surface area contributed by atoms with Crippen molar-refractivity contribution in [3.05, 3.63) is 60.0 Å². The molecule has 2 atom stereocenters. The molecule has 0 aliphatic carbocycles. The monoisotopic (exact) mass is 641 g/mol. The number of carbonyl (C=O) groups is 1. The molecule has 3 aromatic rings. The molecule has 192 valence electrons. The van der Waals surface area contributed by atoms with Crippen LogP contribution in [-0.4, -0.2) is 41.7 Å². The minimum Gasteiger partial charge on any atom is -0.490 e. The van der Waals surface area contributed by atoms with Crippen molar-refractivity contribution >= 4 is 66.5 Å². The van der Waals surface area contributed by atoms with E-state index in [1.807, 2.05) is 26.8 Å². The highest BCUT2D eigenvalue weighted by Crippen LogP contribution is 2.43. The molecule has 0 aliphatic rings. The van der Waals surface area contributed by atoms with Crippen LogP contribution in [0.4, 0.5) is 0 Å². The molecule has 0 fully saturated rings. The van der Waals surface area contributed by atoms with Crippen LogP contribution in [0.2, 0.25) is 5.02 Å². The summed E-state index contributed by atoms with van der Waals surface area (Å²) in [5.41, 5.74) is 0.860. The van der Waals surface area contributed by atoms with Crippen LogP contribution in [0.15, 0.2) is 43.1 Å². The van der Waals surface area contributed by atoms with E-state index in [0.717, 1.165) is 10.9 Å². The quantitative estimate of drug-likeness (QED) is 0.201. The number of aromatic nitrogens is 2. The van der Waals surface area contributed by atoms with E-state index in [-0.39, 0.29) is 22.2 Å². The van der Waals surface area contributed by atoms with Crippen molar-refractivity contribution < 1.29 is 19.0 Å². The van der Waals surface area contributed by atoms with Crippen molar-refractivity contribution in [1.29, 1.82) is 0 Å². The van der Waals surface area contributed by atoms with Gasteiger partial charge in [0, 0.05) is 20.4 Å². The number of carbonyl (C=O) groups excluding carboxylic acids is 1. The second-order valence-electron chi connectivity index (χ2n) is 7.94. The second kappa shape index (κ2) is 12.2. The van der Waals surface area contributed by atoms with Crippen molar-refractivity contribution in [2.75, 3.05) is 13.7 Å². The van der Waals surface area contributed by atoms with Gasteiger partial charge in [-0.25, -0.2) is 9.78 Å². The molecular weight excluding hydrogens is 618 g/mol. The SMILES string of the molecule is CCOc1cc(C=Nn2c([C@@H](C)CC)nc3ccc(Br)cc3c2=O)c(Br)c(Cl)c1O[C@H](C)C(=O)OC. The number of benzene rings is 2. The summed E-state index contributed by atoms with van der Waals surface area (Å²) in [4.78, 5) is 30.0. The third-order valence-electron chi connectivity index (χ3n) is 5.48. The highest BCUT2D eigenvalue weighted by Gasteiger charge is 2.23. The zero-order valence-corrected chi connectivity index (χ0v) is 24.4. The van der Waals surface area contributed by atoms with E-state index in [9.17, 15) is 9.59 Å². The van der Waals surface area contributed by atoms with Gasteiger partial charge < -0.3 is 14.2 Å². The lowest BCUT2D eigenvalue weighted by atomic mass is 10.1. The Hall–Kier alpha value is -2.43. The van der Waals surface area contributed by atoms with Crippen LogP contribution in [0.3, 0.4) is 0 Å². The summed E-state index contributed by atoms with van der Waals surface area (Å²) >= 11 is 13.5. The minimum absolute atomic E-state index is 0.00973. The molecule has 0 bridgehead atoms. The molecule has 0 N–H and O–H groups in total. The number of hydrogen-bond donors (Lipinski definition) is 0. The van der Waals surface area contributed by atoms with Crippen LogP contribution < -0.4 is 15.0 Å². The van der Waals surface area contributed by atoms with E-state index in [1.54, 1.807) is 25.1 Å². The highest BCUT2D eigenvalue weighted by molar-refractivity contribution is 9.10. The standard InChI is InChI=1S/C25H26Br2ClN3O5/c1-6-13(3)23-30-18-9-8-16(26)11-17(18)24(32)31(23)29-12-15-10-19(35-7-2)22(21(28)20(15)27)36-14(4)25(33)34-5/h8-14H,6-7H2,1-5H3/t13-,14+/m0/s1. The van der Waals surface area contributed by atoms with Gasteiger partial charge in [-0.15, -0.1) is 0 Å². The number of esters is 1. The lowest BCUT2D eigenvalue weighted by Gasteiger charge is -2.19. The first-order valence-electron chi connectivity index (χ1n) is 11.3. The molecule has 11 heteroatoms. The number of hydrogen-bond acceptors (Lipinski definition) is 7. The van der Waals surface area contributed by atoms with Crippen LogP contribution >= 0.6 is 43.5 Å². The number of ether oxygens (including phenoxy) is 3. The molecular formula is C25H26Br2ClN3O5. The molecule has 0 radical (unpaired) electrons. The third-order valence-corrected chi connectivity index (χ3v) is 7.42. The Morgan fingerprint density at radius 1 is 1.25 bits per heavy atom. The Labute approximate surface area is 230 Å². The van der Waals surface area contributed by atoms with Crippen LogP contribution in [-0.2, 0) is 9.53 Å². The molecule has 3 rings (SSSR count). The topological polar surface area (TPSA) is 92.0 Å². The molecule has 36 heavy (non-hydrogen) atoms. The van der Waals surface area contributed by atoms with E-state index >= 15 is 0 Å². The first-order valence-corrected chi connectivity index (χ1v) is 13.2. The van der Waals surface area contributed by atoms with Crippen LogP contribution in [0, 0.1) is 0 Å². The summed E-state index contributed by atoms with van der Waals surface area (Å²) in [6.07, 6.45) is 1.38. The molecule has 2 aromatic carbocycles. The highest BCUT2D eigenvalue weighted by atomic mass is 79.9. The number of rotatable bonds is 9. The summed E-state index contributed by atoms with van der Waals surface area (Å²) in [5.74, 6) is 0.493. The van der Waals surface area contributed by atoms with Crippen LogP contribution in [0.25, 0.3) is 10.9 Å². The van der Waals surface area contributed by atoms with E-state index in [2.05, 4.69) is 37.0 Å². The van der Waals surface area contributed by atoms with E-state index < -0.39 is 12.1 Å². The lowest BCUT2D eigenvalue weighted by Crippen LogP contribution is -2.25. The van der Waals surface area contributed by atoms with Gasteiger partial charge in [-0.2, -0.15) is 9.78 Å². The smallest absolute Gasteiger partial charge is 0.346 e. The Kier molecular flexibility index (Phi) is 9.54. The van der Waals surface area contributed by atoms with E-state index in [1.165, 1.54) is 18.0 Å². The summed E-state index contributed by atoms with van der Waals surface area (Å²) in [5, 5.41) is 5.14. The Bertz CT molecular complexity index is 1380. The van der Waals surface area contributed by atoms with Crippen molar-refractivity contribution in [3.8, 4) is 11.5 Å². The Morgan fingerprint density at radius 2 is 1.97 bits per heavy atom. The van der Waals surface area contributed by atoms with Crippen molar-refractivity contribution in [3.63, 3.8) is 0 Å². The lowest BCUT2D eigenvalue weighted by molar-refractivity contribution is -0.147. The van der Waals surface area contributed by atoms with Crippen LogP contribution in [0.1, 0.15) is 51.4 Å². The van der Waals surface area contributed by atoms with Gasteiger partial charge >= 0.3 is 5.97 Å². The fourth-order valence-electron chi connectivity index (χ4n) is 3.36. The van der Waals surface area contributed by atoms with Gasteiger partial charge in [0.25, 0.3) is 5.56 Å². The fraction of sp³-hybridized carbons (Fsp3) is 0.360. The number of nitrogens with zero attached hydrogens (tertiary/aromatic N) is 3. The Balaban J connectivity index is 2.15. The zero-order valence-electron chi connectivity index (χ0n) is 20.5. The average Bonchev–Trinajstić information content (AvgIpc) is 2.87. The number of methoxy groups -OCH3 is 1. The van der Waals surface area contributed by atoms with Crippen molar-refractivity contribution in [1.82, 2.24) is 9.66 Å². The van der Waals surface area contributed by atoms with Gasteiger partial charge in [0.2, 0.25) is 0 Å². The third kappa shape index (κ3) is 5.92. The first-order chi connectivity index (χ1) is 17.1. The molecule has 0 aliphatic heterocycles. The molecule has 0 unspecified atom stereocenters. The molecule has 1 heterocycles. The van der Waals surface area contributed by atoms with E-state index in [4.69, 9.17) is 30.8 Å². The Morgan fingerprint density at radius 3 is 2.61 bits per heavy atom. The molecule has 0 saturated heterocycles. The van der Waals surface area contributed by atoms with Gasteiger partial charge in [0.15, 0.2) is 17.6 Å². The van der Waals surface area contributed by atoms with Gasteiger partial charge in [-0.1, -0.05) is 41.4 Å².